The molecule has 1 aliphatic carbocycles. The van der Waals surface area contributed by atoms with Crippen molar-refractivity contribution in [3.63, 3.8) is 0 Å². The molecule has 1 aromatic carbocycles. The lowest BCUT2D eigenvalue weighted by Gasteiger charge is -2.41. The van der Waals surface area contributed by atoms with Crippen molar-refractivity contribution in [3.05, 3.63) is 33.4 Å². The Morgan fingerprint density at radius 1 is 0.950 bits per heavy atom. The largest absolute Gasteiger partial charge is 0.391 e. The number of hydrogen-bond acceptors (Lipinski definition) is 2. The van der Waals surface area contributed by atoms with Crippen LogP contribution in [0.2, 0.25) is 0 Å². The summed E-state index contributed by atoms with van der Waals surface area (Å²) in [5, 5.41) is 10.2. The Labute approximate surface area is 135 Å². The molecule has 0 unspecified atom stereocenters. The summed E-state index contributed by atoms with van der Waals surface area (Å²) in [5.41, 5.74) is 1.49. The van der Waals surface area contributed by atoms with Crippen LogP contribution in [0, 0.1) is 3.57 Å². The maximum Gasteiger partial charge on any atom is 0.0695 e. The van der Waals surface area contributed by atoms with Gasteiger partial charge in [-0.3, -0.25) is 4.90 Å². The first-order chi connectivity index (χ1) is 9.74. The van der Waals surface area contributed by atoms with E-state index in [1.165, 1.54) is 41.2 Å². The van der Waals surface area contributed by atoms with Crippen LogP contribution in [-0.2, 0) is 0 Å². The van der Waals surface area contributed by atoms with E-state index in [9.17, 15) is 5.11 Å². The van der Waals surface area contributed by atoms with Gasteiger partial charge >= 0.3 is 0 Å². The first-order valence-electron chi connectivity index (χ1n) is 7.91. The van der Waals surface area contributed by atoms with Crippen LogP contribution in [0.1, 0.15) is 50.0 Å². The minimum Gasteiger partial charge on any atom is -0.391 e. The van der Waals surface area contributed by atoms with Gasteiger partial charge in [-0.2, -0.15) is 0 Å². The molecule has 110 valence electrons. The highest BCUT2D eigenvalue weighted by Crippen LogP contribution is 2.32. The number of piperidine rings is 1. The third kappa shape index (κ3) is 3.37. The number of nitrogens with zero attached hydrogens (tertiary/aromatic N) is 1. The Kier molecular flexibility index (Phi) is 5.00. The molecule has 0 radical (unpaired) electrons. The van der Waals surface area contributed by atoms with Crippen molar-refractivity contribution in [3.8, 4) is 0 Å². The lowest BCUT2D eigenvalue weighted by Crippen LogP contribution is -2.48. The van der Waals surface area contributed by atoms with Gasteiger partial charge in [0.25, 0.3) is 0 Å². The standard InChI is InChI=1S/C17H24INO/c18-15-7-5-13(6-8-15)14-9-11-19(12-10-14)16-3-1-2-4-17(16)20/h5-8,14,16-17,20H,1-4,9-12H2/t16-,17-/m1/s1/i18-2. The molecule has 1 N–H and O–H groups in total. The number of likely N-dealkylation sites (tertiary alicyclic amines) is 1. The van der Waals surface area contributed by atoms with Crippen LogP contribution >= 0.6 is 22.6 Å². The van der Waals surface area contributed by atoms with Crippen LogP contribution in [0.5, 0.6) is 0 Å². The van der Waals surface area contributed by atoms with Gasteiger partial charge in [-0.25, -0.2) is 0 Å². The molecule has 1 saturated carbocycles. The first-order valence-corrected chi connectivity index (χ1v) is 8.99. The maximum atomic E-state index is 10.2. The molecule has 1 aromatic rings. The van der Waals surface area contributed by atoms with Crippen molar-refractivity contribution in [1.29, 1.82) is 0 Å². The van der Waals surface area contributed by atoms with Gasteiger partial charge < -0.3 is 5.11 Å². The van der Waals surface area contributed by atoms with Gasteiger partial charge in [0, 0.05) is 9.61 Å². The topological polar surface area (TPSA) is 23.5 Å². The molecule has 1 heterocycles. The zero-order chi connectivity index (χ0) is 13.9. The third-order valence-electron chi connectivity index (χ3n) is 5.03. The molecular formula is C17H24INO. The molecule has 0 spiro atoms. The number of aliphatic hydroxyl groups excluding tert-OH is 1. The molecule has 2 atom stereocenters. The Balaban J connectivity index is 1.57. The summed E-state index contributed by atoms with van der Waals surface area (Å²) in [6.07, 6.45) is 7.08. The molecule has 0 bridgehead atoms. The molecule has 2 nitrogen and oxygen atoms in total. The van der Waals surface area contributed by atoms with Crippen LogP contribution in [0.25, 0.3) is 0 Å². The van der Waals surface area contributed by atoms with Crippen LogP contribution in [0.15, 0.2) is 24.3 Å². The molecule has 3 heteroatoms. The predicted molar refractivity (Wildman–Crippen MR) is 91.0 cm³/mol. The van der Waals surface area contributed by atoms with Gasteiger partial charge in [0.05, 0.1) is 6.10 Å². The zero-order valence-corrected chi connectivity index (χ0v) is 14.1. The van der Waals surface area contributed by atoms with Crippen LogP contribution < -0.4 is 0 Å². The lowest BCUT2D eigenvalue weighted by atomic mass is 9.86. The van der Waals surface area contributed by atoms with E-state index in [-0.39, 0.29) is 6.10 Å². The van der Waals surface area contributed by atoms with Crippen molar-refractivity contribution < 1.29 is 5.11 Å². The zero-order valence-electron chi connectivity index (χ0n) is 12.0. The average Bonchev–Trinajstić information content (AvgIpc) is 2.49. The van der Waals surface area contributed by atoms with Crippen LogP contribution in [0.3, 0.4) is 0 Å². The normalized spacial score (nSPS) is 29.5. The van der Waals surface area contributed by atoms with Crippen LogP contribution in [0.4, 0.5) is 0 Å². The fourth-order valence-electron chi connectivity index (χ4n) is 3.82. The molecule has 2 aliphatic rings. The first kappa shape index (κ1) is 14.8. The average molecular weight is 383 g/mol. The SMILES string of the molecule is O[C@@H]1CCCC[C@H]1N1CCC(c2ccc([125I])cc2)CC1. The van der Waals surface area contributed by atoms with Gasteiger partial charge in [0.15, 0.2) is 0 Å². The highest BCUT2D eigenvalue weighted by atomic mass is 125. The van der Waals surface area contributed by atoms with Crippen molar-refractivity contribution in [2.45, 2.75) is 56.6 Å². The van der Waals surface area contributed by atoms with Crippen molar-refractivity contribution in [2.24, 2.45) is 0 Å². The number of hydrogen-bond donors (Lipinski definition) is 1. The highest BCUT2D eigenvalue weighted by molar-refractivity contribution is 14.1. The second kappa shape index (κ2) is 6.75. The van der Waals surface area contributed by atoms with E-state index in [4.69, 9.17) is 0 Å². The van der Waals surface area contributed by atoms with Gasteiger partial charge in [-0.15, -0.1) is 0 Å². The Morgan fingerprint density at radius 3 is 2.25 bits per heavy atom. The predicted octanol–water partition coefficient (Wildman–Crippen LogP) is 3.77. The maximum absolute atomic E-state index is 10.2. The van der Waals surface area contributed by atoms with Crippen LogP contribution in [-0.4, -0.2) is 35.2 Å². The number of benzene rings is 1. The van der Waals surface area contributed by atoms with Crippen molar-refractivity contribution in [1.82, 2.24) is 4.90 Å². The Morgan fingerprint density at radius 2 is 1.60 bits per heavy atom. The van der Waals surface area contributed by atoms with E-state index in [1.54, 1.807) is 0 Å². The van der Waals surface area contributed by atoms with Gasteiger partial charge in [0.2, 0.25) is 0 Å². The monoisotopic (exact) mass is 383 g/mol. The summed E-state index contributed by atoms with van der Waals surface area (Å²) in [4.78, 5) is 2.55. The second-order valence-corrected chi connectivity index (χ2v) is 7.53. The molecule has 3 rings (SSSR count). The number of aliphatic hydroxyl groups is 1. The van der Waals surface area contributed by atoms with E-state index >= 15 is 0 Å². The number of rotatable bonds is 2. The van der Waals surface area contributed by atoms with Crippen molar-refractivity contribution >= 4 is 22.6 Å². The smallest absolute Gasteiger partial charge is 0.0695 e. The lowest BCUT2D eigenvalue weighted by molar-refractivity contribution is 0.00871. The highest BCUT2D eigenvalue weighted by Gasteiger charge is 2.31. The van der Waals surface area contributed by atoms with Gasteiger partial charge in [-0.05, 0) is 85.0 Å². The molecule has 1 saturated heterocycles. The van der Waals surface area contributed by atoms with Gasteiger partial charge in [0.1, 0.15) is 0 Å². The summed E-state index contributed by atoms with van der Waals surface area (Å²) in [5.74, 6) is 0.712. The quantitative estimate of drug-likeness (QED) is 0.786. The van der Waals surface area contributed by atoms with E-state index in [2.05, 4.69) is 51.8 Å². The summed E-state index contributed by atoms with van der Waals surface area (Å²) < 4.78 is 1.31. The molecular weight excluding hydrogens is 359 g/mol. The molecule has 20 heavy (non-hydrogen) atoms. The van der Waals surface area contributed by atoms with E-state index in [0.717, 1.165) is 19.5 Å². The third-order valence-corrected chi connectivity index (χ3v) is 5.75. The molecule has 0 amide bonds. The van der Waals surface area contributed by atoms with E-state index in [0.29, 0.717) is 12.0 Å². The summed E-state index contributed by atoms with van der Waals surface area (Å²) in [6, 6.07) is 9.44. The summed E-state index contributed by atoms with van der Waals surface area (Å²) >= 11 is 2.37. The van der Waals surface area contributed by atoms with E-state index < -0.39 is 0 Å². The van der Waals surface area contributed by atoms with E-state index in [1.807, 2.05) is 0 Å². The molecule has 1 aliphatic heterocycles. The minimum absolute atomic E-state index is 0.0846. The second-order valence-electron chi connectivity index (χ2n) is 6.28. The summed E-state index contributed by atoms with van der Waals surface area (Å²) in [7, 11) is 0. The van der Waals surface area contributed by atoms with Crippen molar-refractivity contribution in [2.75, 3.05) is 13.1 Å². The Bertz CT molecular complexity index is 425. The van der Waals surface area contributed by atoms with Gasteiger partial charge in [-0.1, -0.05) is 25.0 Å². The fraction of sp³-hybridized carbons (Fsp3) is 0.647. The number of halogens is 1. The fourth-order valence-corrected chi connectivity index (χ4v) is 4.18. The molecule has 0 aromatic heterocycles. The minimum atomic E-state index is -0.0846. The summed E-state index contributed by atoms with van der Waals surface area (Å²) in [6.45, 7) is 2.30. The Hall–Kier alpha value is -0.130. The molecule has 2 fully saturated rings.